The third-order valence-corrected chi connectivity index (χ3v) is 4.23. The summed E-state index contributed by atoms with van der Waals surface area (Å²) in [5, 5.41) is 14.6. The van der Waals surface area contributed by atoms with E-state index in [1.54, 1.807) is 11.3 Å². The van der Waals surface area contributed by atoms with Gasteiger partial charge in [-0.05, 0) is 29.8 Å². The van der Waals surface area contributed by atoms with E-state index in [0.29, 0.717) is 6.61 Å². The number of hydrogen-bond donors (Lipinski definition) is 1. The summed E-state index contributed by atoms with van der Waals surface area (Å²) in [7, 11) is 0. The molecule has 0 amide bonds. The highest BCUT2D eigenvalue weighted by Crippen LogP contribution is 2.23. The van der Waals surface area contributed by atoms with E-state index in [0.717, 1.165) is 34.0 Å². The molecule has 4 nitrogen and oxygen atoms in total. The van der Waals surface area contributed by atoms with Gasteiger partial charge in [-0.3, -0.25) is 0 Å². The summed E-state index contributed by atoms with van der Waals surface area (Å²) in [6.07, 6.45) is 2.15. The lowest BCUT2D eigenvalue weighted by Gasteiger charge is -2.05. The molecule has 1 aromatic heterocycles. The predicted octanol–water partition coefficient (Wildman–Crippen LogP) is 4.24. The molecule has 0 fully saturated rings. The van der Waals surface area contributed by atoms with Gasteiger partial charge in [0.1, 0.15) is 10.8 Å². The van der Waals surface area contributed by atoms with E-state index >= 15 is 0 Å². The summed E-state index contributed by atoms with van der Waals surface area (Å²) < 4.78 is 5.72. The van der Waals surface area contributed by atoms with Crippen molar-refractivity contribution in [2.24, 2.45) is 5.16 Å². The van der Waals surface area contributed by atoms with Crippen molar-refractivity contribution >= 4 is 17.6 Å². The topological polar surface area (TPSA) is 54.7 Å². The Balaban J connectivity index is 1.54. The zero-order valence-corrected chi connectivity index (χ0v) is 13.2. The Morgan fingerprint density at radius 3 is 2.61 bits per heavy atom. The molecule has 2 aromatic carbocycles. The number of aromatic nitrogens is 1. The van der Waals surface area contributed by atoms with Crippen LogP contribution < -0.4 is 4.74 Å². The van der Waals surface area contributed by atoms with Crippen LogP contribution in [-0.4, -0.2) is 23.0 Å². The molecular weight excluding hydrogens is 308 g/mol. The van der Waals surface area contributed by atoms with Crippen LogP contribution in [0.5, 0.6) is 5.75 Å². The van der Waals surface area contributed by atoms with Gasteiger partial charge >= 0.3 is 0 Å². The molecule has 0 aliphatic rings. The smallest absolute Gasteiger partial charge is 0.123 e. The standard InChI is InChI=1S/C18H16N2O2S/c21-19-12-14-6-8-17(9-7-14)22-11-10-16-13-23-18(20-16)15-4-2-1-3-5-15/h1-9,12-13,21H,10-11H2/b19-12+. The second-order valence-electron chi connectivity index (χ2n) is 4.92. The first kappa shape index (κ1) is 15.2. The lowest BCUT2D eigenvalue weighted by Crippen LogP contribution is -2.01. The summed E-state index contributed by atoms with van der Waals surface area (Å²) in [6.45, 7) is 0.575. The maximum absolute atomic E-state index is 8.47. The van der Waals surface area contributed by atoms with E-state index in [-0.39, 0.29) is 0 Å². The van der Waals surface area contributed by atoms with Gasteiger partial charge < -0.3 is 9.94 Å². The van der Waals surface area contributed by atoms with Gasteiger partial charge in [-0.1, -0.05) is 35.5 Å². The van der Waals surface area contributed by atoms with Crippen LogP contribution in [0.15, 0.2) is 65.1 Å². The maximum Gasteiger partial charge on any atom is 0.123 e. The molecular formula is C18H16N2O2S. The third-order valence-electron chi connectivity index (χ3n) is 3.29. The summed E-state index contributed by atoms with van der Waals surface area (Å²) in [5.74, 6) is 0.790. The lowest BCUT2D eigenvalue weighted by atomic mass is 10.2. The quantitative estimate of drug-likeness (QED) is 0.419. The van der Waals surface area contributed by atoms with Crippen LogP contribution in [0.4, 0.5) is 0 Å². The molecule has 1 heterocycles. The molecule has 0 aliphatic carbocycles. The maximum atomic E-state index is 8.47. The lowest BCUT2D eigenvalue weighted by molar-refractivity contribution is 0.320. The van der Waals surface area contributed by atoms with Gasteiger partial charge in [0.25, 0.3) is 0 Å². The van der Waals surface area contributed by atoms with E-state index in [1.807, 2.05) is 42.5 Å². The number of rotatable bonds is 6. The first-order valence-corrected chi connectivity index (χ1v) is 8.13. The number of thiazole rings is 1. The van der Waals surface area contributed by atoms with Crippen molar-refractivity contribution in [3.63, 3.8) is 0 Å². The van der Waals surface area contributed by atoms with Crippen molar-refractivity contribution in [3.05, 3.63) is 71.2 Å². The van der Waals surface area contributed by atoms with E-state index < -0.39 is 0 Å². The largest absolute Gasteiger partial charge is 0.493 e. The monoisotopic (exact) mass is 324 g/mol. The van der Waals surface area contributed by atoms with Crippen LogP contribution in [0, 0.1) is 0 Å². The van der Waals surface area contributed by atoms with Crippen molar-refractivity contribution in [1.82, 2.24) is 4.98 Å². The molecule has 0 radical (unpaired) electrons. The van der Waals surface area contributed by atoms with Crippen LogP contribution in [0.25, 0.3) is 10.6 Å². The Bertz CT molecular complexity index is 767. The molecule has 116 valence electrons. The minimum Gasteiger partial charge on any atom is -0.493 e. The fourth-order valence-electron chi connectivity index (χ4n) is 2.13. The van der Waals surface area contributed by atoms with Gasteiger partial charge in [0.15, 0.2) is 0 Å². The molecule has 3 aromatic rings. The van der Waals surface area contributed by atoms with Gasteiger partial charge in [-0.15, -0.1) is 11.3 Å². The van der Waals surface area contributed by atoms with Gasteiger partial charge in [0.2, 0.25) is 0 Å². The number of benzene rings is 2. The Morgan fingerprint density at radius 1 is 1.09 bits per heavy atom. The molecule has 0 atom stereocenters. The fraction of sp³-hybridized carbons (Fsp3) is 0.111. The van der Waals surface area contributed by atoms with Crippen LogP contribution >= 0.6 is 11.3 Å². The van der Waals surface area contributed by atoms with E-state index in [9.17, 15) is 0 Å². The van der Waals surface area contributed by atoms with Gasteiger partial charge in [0, 0.05) is 17.4 Å². The first-order chi connectivity index (χ1) is 11.3. The zero-order valence-electron chi connectivity index (χ0n) is 12.4. The Labute approximate surface area is 138 Å². The summed E-state index contributed by atoms with van der Waals surface area (Å²) in [5.41, 5.74) is 3.01. The average molecular weight is 324 g/mol. The van der Waals surface area contributed by atoms with E-state index in [4.69, 9.17) is 9.94 Å². The predicted molar refractivity (Wildman–Crippen MR) is 92.6 cm³/mol. The number of oxime groups is 1. The highest BCUT2D eigenvalue weighted by molar-refractivity contribution is 7.13. The molecule has 23 heavy (non-hydrogen) atoms. The van der Waals surface area contributed by atoms with Crippen molar-refractivity contribution in [2.75, 3.05) is 6.61 Å². The first-order valence-electron chi connectivity index (χ1n) is 7.25. The van der Waals surface area contributed by atoms with Crippen LogP contribution in [0.1, 0.15) is 11.3 Å². The van der Waals surface area contributed by atoms with Gasteiger partial charge in [-0.2, -0.15) is 0 Å². The molecule has 0 saturated carbocycles. The summed E-state index contributed by atoms with van der Waals surface area (Å²) >= 11 is 1.65. The van der Waals surface area contributed by atoms with E-state index in [1.165, 1.54) is 6.21 Å². The molecule has 3 rings (SSSR count). The Hall–Kier alpha value is -2.66. The number of nitrogens with zero attached hydrogens (tertiary/aromatic N) is 2. The molecule has 0 bridgehead atoms. The minimum atomic E-state index is 0.575. The highest BCUT2D eigenvalue weighted by Gasteiger charge is 2.04. The summed E-state index contributed by atoms with van der Waals surface area (Å²) in [4.78, 5) is 4.64. The van der Waals surface area contributed by atoms with E-state index in [2.05, 4.69) is 27.7 Å². The Kier molecular flexibility index (Phi) is 5.01. The van der Waals surface area contributed by atoms with Crippen LogP contribution in [0.2, 0.25) is 0 Å². The second kappa shape index (κ2) is 7.56. The normalized spacial score (nSPS) is 11.0. The molecule has 5 heteroatoms. The third kappa shape index (κ3) is 4.17. The molecule has 0 spiro atoms. The van der Waals surface area contributed by atoms with Gasteiger partial charge in [-0.25, -0.2) is 4.98 Å². The van der Waals surface area contributed by atoms with Crippen molar-refractivity contribution in [1.29, 1.82) is 0 Å². The van der Waals surface area contributed by atoms with Crippen molar-refractivity contribution in [2.45, 2.75) is 6.42 Å². The molecule has 0 saturated heterocycles. The molecule has 0 aliphatic heterocycles. The zero-order chi connectivity index (χ0) is 15.9. The van der Waals surface area contributed by atoms with Crippen molar-refractivity contribution < 1.29 is 9.94 Å². The van der Waals surface area contributed by atoms with Crippen LogP contribution in [0.3, 0.4) is 0 Å². The van der Waals surface area contributed by atoms with Gasteiger partial charge in [0.05, 0.1) is 18.5 Å². The van der Waals surface area contributed by atoms with Crippen molar-refractivity contribution in [3.8, 4) is 16.3 Å². The number of hydrogen-bond acceptors (Lipinski definition) is 5. The molecule has 1 N–H and O–H groups in total. The Morgan fingerprint density at radius 2 is 1.87 bits per heavy atom. The van der Waals surface area contributed by atoms with Crippen LogP contribution in [-0.2, 0) is 6.42 Å². The number of ether oxygens (including phenoxy) is 1. The second-order valence-corrected chi connectivity index (χ2v) is 5.78. The minimum absolute atomic E-state index is 0.575. The molecule has 0 unspecified atom stereocenters. The summed E-state index contributed by atoms with van der Waals surface area (Å²) in [6, 6.07) is 17.6. The SMILES string of the molecule is O/N=C/c1ccc(OCCc2csc(-c3ccccc3)n2)cc1. The highest BCUT2D eigenvalue weighted by atomic mass is 32.1. The average Bonchev–Trinajstić information content (AvgIpc) is 3.06. The fourth-order valence-corrected chi connectivity index (χ4v) is 2.99.